The third-order valence-electron chi connectivity index (χ3n) is 13.8. The standard InChI is InChI=1S/C59H98N2.2C2H5.Ni/c1-9-17-25-33-38-50-46-53(47-51(39-34-26-18-10-2)55(50)41-35-27-19-11-3)59-57(43-32-24-16-8)56(42-31-23-15-7)58(61(59)60)52-44-48(36-28-20-12-4)54(40-30-22-14-6)49(45-52)37-29-21-13-5;2*1-2;/h44-47H,9-43H2,1-8H3;2*1H2,2H3;/q;2*-1;+2. The van der Waals surface area contributed by atoms with Crippen LogP contribution in [0.15, 0.2) is 35.4 Å². The second-order valence-corrected chi connectivity index (χ2v) is 19.2. The van der Waals surface area contributed by atoms with Crippen LogP contribution in [-0.2, 0) is 55.0 Å². The molecule has 66 heavy (non-hydrogen) atoms. The van der Waals surface area contributed by atoms with Gasteiger partial charge in [-0.2, -0.15) is 13.8 Å². The monoisotopic (exact) mass is 951 g/mol. The topological polar surface area (TPSA) is 25.3 Å². The van der Waals surface area contributed by atoms with Crippen molar-refractivity contribution < 1.29 is 21.2 Å². The van der Waals surface area contributed by atoms with Crippen molar-refractivity contribution in [2.45, 2.75) is 294 Å². The van der Waals surface area contributed by atoms with Crippen LogP contribution < -0.4 is 0 Å². The number of unbranched alkanes of at least 4 members (excludes halogenated alkanes) is 19. The summed E-state index contributed by atoms with van der Waals surface area (Å²) in [5.41, 5.74) is 30.4. The van der Waals surface area contributed by atoms with Gasteiger partial charge in [0.25, 0.3) is 0 Å². The summed E-state index contributed by atoms with van der Waals surface area (Å²) in [6.07, 6.45) is 43.3. The quantitative estimate of drug-likeness (QED) is 0.0279. The van der Waals surface area contributed by atoms with Gasteiger partial charge in [-0.3, -0.25) is 0 Å². The van der Waals surface area contributed by atoms with Crippen molar-refractivity contribution in [1.82, 2.24) is 0 Å². The first-order valence-corrected chi connectivity index (χ1v) is 28.6. The molecule has 0 aromatic heterocycles. The van der Waals surface area contributed by atoms with Crippen molar-refractivity contribution >= 4 is 11.4 Å². The fourth-order valence-electron chi connectivity index (χ4n) is 10.2. The summed E-state index contributed by atoms with van der Waals surface area (Å²) in [5.74, 6) is 0. The Hall–Kier alpha value is -1.99. The largest absolute Gasteiger partial charge is 2.00 e. The van der Waals surface area contributed by atoms with Crippen LogP contribution in [0.25, 0.3) is 16.9 Å². The van der Waals surface area contributed by atoms with Gasteiger partial charge in [0.2, 0.25) is 11.4 Å². The van der Waals surface area contributed by atoms with Crippen molar-refractivity contribution in [2.75, 3.05) is 0 Å². The van der Waals surface area contributed by atoms with Crippen LogP contribution in [0.1, 0.15) is 300 Å². The van der Waals surface area contributed by atoms with Crippen LogP contribution in [-0.4, -0.2) is 4.70 Å². The number of benzene rings is 2. The zero-order valence-electron chi connectivity index (χ0n) is 45.7. The number of allylic oxidation sites excluding steroid dienone is 2. The van der Waals surface area contributed by atoms with E-state index in [0.717, 1.165) is 49.9 Å². The molecule has 2 aromatic rings. The summed E-state index contributed by atoms with van der Waals surface area (Å²) in [6, 6.07) is 10.3. The molecule has 0 atom stereocenters. The summed E-state index contributed by atoms with van der Waals surface area (Å²) < 4.78 is 1.76. The molecule has 0 unspecified atom stereocenters. The van der Waals surface area contributed by atoms with Gasteiger partial charge >= 0.3 is 16.5 Å². The molecule has 0 amide bonds. The van der Waals surface area contributed by atoms with Gasteiger partial charge in [0.15, 0.2) is 0 Å². The molecule has 0 aliphatic carbocycles. The van der Waals surface area contributed by atoms with E-state index in [1.54, 1.807) is 51.9 Å². The van der Waals surface area contributed by atoms with Gasteiger partial charge in [-0.25, -0.2) is 4.70 Å². The van der Waals surface area contributed by atoms with Crippen molar-refractivity contribution in [1.29, 1.82) is 0 Å². The fraction of sp³-hybridized carbons (Fsp3) is 0.714. The Kier molecular flexibility index (Phi) is 40.7. The van der Waals surface area contributed by atoms with Gasteiger partial charge in [-0.1, -0.05) is 177 Å². The molecule has 0 spiro atoms. The molecule has 1 heterocycles. The minimum absolute atomic E-state index is 0. The molecule has 3 heteroatoms. The summed E-state index contributed by atoms with van der Waals surface area (Å²) in [7, 11) is 0. The van der Waals surface area contributed by atoms with Gasteiger partial charge in [0, 0.05) is 22.3 Å². The zero-order valence-corrected chi connectivity index (χ0v) is 46.7. The molecule has 2 aromatic carbocycles. The first-order chi connectivity index (χ1) is 31.9. The van der Waals surface area contributed by atoms with E-state index in [1.807, 2.05) is 0 Å². The Morgan fingerprint density at radius 3 is 0.803 bits per heavy atom. The molecule has 0 saturated heterocycles. The molecule has 1 aliphatic heterocycles. The summed E-state index contributed by atoms with van der Waals surface area (Å²) in [5, 5.41) is 0. The molecule has 3 rings (SSSR count). The maximum absolute atomic E-state index is 13.1. The third-order valence-corrected chi connectivity index (χ3v) is 13.8. The average molecular weight is 952 g/mol. The average Bonchev–Trinajstić information content (AvgIpc) is 3.60. The Bertz CT molecular complexity index is 1530. The predicted octanol–water partition coefficient (Wildman–Crippen LogP) is 21.3. The Morgan fingerprint density at radius 1 is 0.318 bits per heavy atom. The number of rotatable bonds is 37. The van der Waals surface area contributed by atoms with Gasteiger partial charge in [-0.15, -0.1) is 0 Å². The predicted molar refractivity (Wildman–Crippen MR) is 294 cm³/mol. The van der Waals surface area contributed by atoms with Gasteiger partial charge in [0.1, 0.15) is 0 Å². The molecule has 0 N–H and O–H groups in total. The van der Waals surface area contributed by atoms with E-state index >= 15 is 0 Å². The van der Waals surface area contributed by atoms with Crippen molar-refractivity contribution in [2.24, 2.45) is 0 Å². The number of aryl methyl sites for hydroxylation is 4. The second kappa shape index (κ2) is 41.9. The Morgan fingerprint density at radius 2 is 0.530 bits per heavy atom. The van der Waals surface area contributed by atoms with Crippen LogP contribution in [0.3, 0.4) is 0 Å². The van der Waals surface area contributed by atoms with Gasteiger partial charge in [-0.05, 0) is 160 Å². The normalized spacial score (nSPS) is 12.3. The Labute approximate surface area is 423 Å². The smallest absolute Gasteiger partial charge is 0.493 e. The van der Waals surface area contributed by atoms with Crippen LogP contribution in [0, 0.1) is 13.8 Å². The SMILES string of the molecule is CCCCCCc1cc(C2=C(CCCCC)C(CCCCC)=C(c3cc(CCCCC)c(CCCCC)c(CCCCC)c3)[N+]2=[N-])cc(CCCCCC)c1CCCCCC.[CH2-]C.[CH2-]C.[Ni+2]. The fourth-order valence-corrected chi connectivity index (χ4v) is 10.2. The van der Waals surface area contributed by atoms with Crippen LogP contribution >= 0.6 is 0 Å². The first kappa shape index (κ1) is 64.0. The van der Waals surface area contributed by atoms with E-state index in [4.69, 9.17) is 0 Å². The molecule has 0 fully saturated rings. The second-order valence-electron chi connectivity index (χ2n) is 19.2. The van der Waals surface area contributed by atoms with Crippen LogP contribution in [0.5, 0.6) is 0 Å². The van der Waals surface area contributed by atoms with Crippen LogP contribution in [0.2, 0.25) is 0 Å². The maximum atomic E-state index is 13.1. The molecule has 0 bridgehead atoms. The third kappa shape index (κ3) is 22.6. The van der Waals surface area contributed by atoms with E-state index in [-0.39, 0.29) is 16.5 Å². The summed E-state index contributed by atoms with van der Waals surface area (Å²) >= 11 is 0. The van der Waals surface area contributed by atoms with Crippen molar-refractivity contribution in [3.63, 3.8) is 0 Å². The minimum atomic E-state index is 0. The summed E-state index contributed by atoms with van der Waals surface area (Å²) in [4.78, 5) is 0. The van der Waals surface area contributed by atoms with E-state index in [0.29, 0.717) is 0 Å². The van der Waals surface area contributed by atoms with Gasteiger partial charge in [0.05, 0.1) is 0 Å². The van der Waals surface area contributed by atoms with Crippen LogP contribution in [0.4, 0.5) is 0 Å². The molecule has 0 radical (unpaired) electrons. The molecule has 380 valence electrons. The maximum Gasteiger partial charge on any atom is 2.00 e. The number of hydrogen-bond acceptors (Lipinski definition) is 0. The van der Waals surface area contributed by atoms with E-state index in [9.17, 15) is 5.53 Å². The minimum Gasteiger partial charge on any atom is -0.493 e. The molecular weight excluding hydrogens is 843 g/mol. The van der Waals surface area contributed by atoms with E-state index < -0.39 is 0 Å². The zero-order chi connectivity index (χ0) is 48.1. The molecule has 2 nitrogen and oxygen atoms in total. The molecule has 1 aliphatic rings. The first-order valence-electron chi connectivity index (χ1n) is 28.6. The van der Waals surface area contributed by atoms with E-state index in [1.165, 1.54) is 208 Å². The van der Waals surface area contributed by atoms with E-state index in [2.05, 4.69) is 93.5 Å². The number of hydrogen-bond donors (Lipinski definition) is 0. The Balaban J connectivity index is 0.00000821. The molecule has 0 saturated carbocycles. The van der Waals surface area contributed by atoms with Crippen molar-refractivity contribution in [3.8, 4) is 0 Å². The van der Waals surface area contributed by atoms with Crippen molar-refractivity contribution in [3.05, 3.63) is 99.3 Å². The molecular formula is C63H108N2Ni. The number of nitrogens with zero attached hydrogens (tertiary/aromatic N) is 2. The summed E-state index contributed by atoms with van der Waals surface area (Å²) in [6.45, 7) is 28.7. The van der Waals surface area contributed by atoms with Gasteiger partial charge < -0.3 is 19.4 Å².